The molecule has 3 rings (SSSR count). The third kappa shape index (κ3) is 5.22. The Morgan fingerprint density at radius 1 is 1.12 bits per heavy atom. The lowest BCUT2D eigenvalue weighted by atomic mass is 10.3. The number of hydrogen-bond acceptors (Lipinski definition) is 7. The SMILES string of the molecule is CCOc1ccc(NC(=O)C(C)Sc2nnc3ccc(S(=O)(=O)N(CC)CC)cn23)cc1. The van der Waals surface area contributed by atoms with E-state index < -0.39 is 15.3 Å². The van der Waals surface area contributed by atoms with E-state index in [1.165, 1.54) is 28.3 Å². The highest BCUT2D eigenvalue weighted by molar-refractivity contribution is 8.00. The van der Waals surface area contributed by atoms with Crippen LogP contribution in [0.25, 0.3) is 5.65 Å². The molecular weight excluding hydrogens is 450 g/mol. The first-order valence-corrected chi connectivity index (χ1v) is 12.7. The summed E-state index contributed by atoms with van der Waals surface area (Å²) in [7, 11) is -3.62. The maximum absolute atomic E-state index is 12.9. The van der Waals surface area contributed by atoms with Crippen LogP contribution in [-0.2, 0) is 14.8 Å². The van der Waals surface area contributed by atoms with Crippen LogP contribution < -0.4 is 10.1 Å². The fraction of sp³-hybridized carbons (Fsp3) is 0.381. The number of hydrogen-bond donors (Lipinski definition) is 1. The Morgan fingerprint density at radius 2 is 1.81 bits per heavy atom. The molecule has 2 aromatic heterocycles. The van der Waals surface area contributed by atoms with Crippen LogP contribution in [-0.4, -0.2) is 58.2 Å². The lowest BCUT2D eigenvalue weighted by Crippen LogP contribution is -2.30. The second-order valence-electron chi connectivity index (χ2n) is 6.87. The predicted octanol–water partition coefficient (Wildman–Crippen LogP) is 3.28. The molecule has 0 saturated heterocycles. The highest BCUT2D eigenvalue weighted by Crippen LogP contribution is 2.25. The van der Waals surface area contributed by atoms with Gasteiger partial charge in [0.2, 0.25) is 15.9 Å². The van der Waals surface area contributed by atoms with Crippen LogP contribution in [0.4, 0.5) is 5.69 Å². The van der Waals surface area contributed by atoms with Crippen molar-refractivity contribution in [3.63, 3.8) is 0 Å². The molecule has 0 bridgehead atoms. The molecule has 1 aromatic carbocycles. The second-order valence-corrected chi connectivity index (χ2v) is 10.1. The van der Waals surface area contributed by atoms with Gasteiger partial charge in [0.25, 0.3) is 0 Å². The summed E-state index contributed by atoms with van der Waals surface area (Å²) < 4.78 is 34.1. The predicted molar refractivity (Wildman–Crippen MR) is 125 cm³/mol. The van der Waals surface area contributed by atoms with Gasteiger partial charge in [0.15, 0.2) is 10.8 Å². The minimum absolute atomic E-state index is 0.154. The lowest BCUT2D eigenvalue weighted by Gasteiger charge is -2.18. The fourth-order valence-corrected chi connectivity index (χ4v) is 5.34. The average molecular weight is 478 g/mol. The molecule has 3 aromatic rings. The molecule has 0 aliphatic heterocycles. The Kier molecular flexibility index (Phi) is 7.75. The van der Waals surface area contributed by atoms with Crippen molar-refractivity contribution in [2.75, 3.05) is 25.0 Å². The van der Waals surface area contributed by atoms with Crippen molar-refractivity contribution >= 4 is 39.0 Å². The number of thioether (sulfide) groups is 1. The Morgan fingerprint density at radius 3 is 2.44 bits per heavy atom. The summed E-state index contributed by atoms with van der Waals surface area (Å²) in [4.78, 5) is 12.8. The van der Waals surface area contributed by atoms with E-state index in [0.717, 1.165) is 5.75 Å². The first kappa shape index (κ1) is 24.0. The van der Waals surface area contributed by atoms with Crippen LogP contribution >= 0.6 is 11.8 Å². The standard InChI is InChI=1S/C21H27N5O4S2/c1-5-25(6-2)32(28,29)18-12-13-19-23-24-21(26(19)14-18)31-15(4)20(27)22-16-8-10-17(11-9-16)30-7-3/h8-15H,5-7H2,1-4H3,(H,22,27). The van der Waals surface area contributed by atoms with Crippen molar-refractivity contribution in [3.05, 3.63) is 42.6 Å². The molecule has 0 fully saturated rings. The summed E-state index contributed by atoms with van der Waals surface area (Å²) in [6, 6.07) is 10.3. The zero-order valence-corrected chi connectivity index (χ0v) is 20.1. The van der Waals surface area contributed by atoms with Crippen molar-refractivity contribution < 1.29 is 17.9 Å². The van der Waals surface area contributed by atoms with Gasteiger partial charge in [0, 0.05) is 25.0 Å². The van der Waals surface area contributed by atoms with Gasteiger partial charge in [-0.3, -0.25) is 9.20 Å². The van der Waals surface area contributed by atoms with Crippen LogP contribution in [0.15, 0.2) is 52.6 Å². The molecule has 0 saturated carbocycles. The van der Waals surface area contributed by atoms with Gasteiger partial charge in [-0.05, 0) is 50.2 Å². The van der Waals surface area contributed by atoms with E-state index in [-0.39, 0.29) is 10.8 Å². The Labute approximate surface area is 192 Å². The van der Waals surface area contributed by atoms with Gasteiger partial charge in [0.05, 0.1) is 16.8 Å². The largest absolute Gasteiger partial charge is 0.494 e. The number of carbonyl (C=O) groups is 1. The summed E-state index contributed by atoms with van der Waals surface area (Å²) in [5, 5.41) is 11.0. The first-order valence-electron chi connectivity index (χ1n) is 10.3. The van der Waals surface area contributed by atoms with E-state index in [1.54, 1.807) is 55.5 Å². The van der Waals surface area contributed by atoms with Crippen molar-refractivity contribution in [1.82, 2.24) is 18.9 Å². The number of ether oxygens (including phenoxy) is 1. The molecule has 0 aliphatic rings. The van der Waals surface area contributed by atoms with Crippen LogP contribution in [0.5, 0.6) is 5.75 Å². The van der Waals surface area contributed by atoms with Gasteiger partial charge in [-0.25, -0.2) is 8.42 Å². The van der Waals surface area contributed by atoms with Gasteiger partial charge in [-0.1, -0.05) is 25.6 Å². The number of sulfonamides is 1. The van der Waals surface area contributed by atoms with E-state index in [0.29, 0.717) is 36.2 Å². The summed E-state index contributed by atoms with van der Waals surface area (Å²) in [5.41, 5.74) is 1.16. The van der Waals surface area contributed by atoms with Crippen molar-refractivity contribution in [2.24, 2.45) is 0 Å². The molecule has 0 radical (unpaired) electrons. The average Bonchev–Trinajstić information content (AvgIpc) is 3.18. The fourth-order valence-electron chi connectivity index (χ4n) is 3.05. The van der Waals surface area contributed by atoms with Crippen LogP contribution in [0.3, 0.4) is 0 Å². The van der Waals surface area contributed by atoms with Gasteiger partial charge < -0.3 is 10.1 Å². The number of aromatic nitrogens is 3. The number of nitrogens with one attached hydrogen (secondary N) is 1. The number of pyridine rings is 1. The second kappa shape index (κ2) is 10.3. The maximum Gasteiger partial charge on any atom is 0.244 e. The number of amides is 1. The Bertz CT molecular complexity index is 1170. The van der Waals surface area contributed by atoms with Crippen molar-refractivity contribution in [1.29, 1.82) is 0 Å². The maximum atomic E-state index is 12.9. The zero-order valence-electron chi connectivity index (χ0n) is 18.5. The number of benzene rings is 1. The molecule has 0 spiro atoms. The highest BCUT2D eigenvalue weighted by atomic mass is 32.2. The Balaban J connectivity index is 1.77. The number of fused-ring (bicyclic) bond motifs is 1. The molecule has 32 heavy (non-hydrogen) atoms. The molecule has 1 N–H and O–H groups in total. The molecule has 0 aliphatic carbocycles. The van der Waals surface area contributed by atoms with Crippen LogP contribution in [0, 0.1) is 0 Å². The Hall–Kier alpha value is -2.63. The monoisotopic (exact) mass is 477 g/mol. The molecule has 172 valence electrons. The number of rotatable bonds is 10. The molecule has 9 nitrogen and oxygen atoms in total. The van der Waals surface area contributed by atoms with Crippen LogP contribution in [0.2, 0.25) is 0 Å². The zero-order chi connectivity index (χ0) is 23.3. The summed E-state index contributed by atoms with van der Waals surface area (Å²) in [6.07, 6.45) is 1.50. The van der Waals surface area contributed by atoms with E-state index in [9.17, 15) is 13.2 Å². The first-order chi connectivity index (χ1) is 15.3. The minimum Gasteiger partial charge on any atom is -0.494 e. The third-order valence-electron chi connectivity index (χ3n) is 4.77. The van der Waals surface area contributed by atoms with E-state index in [2.05, 4.69) is 15.5 Å². The minimum atomic E-state index is -3.62. The summed E-state index contributed by atoms with van der Waals surface area (Å²) in [5.74, 6) is 0.529. The van der Waals surface area contributed by atoms with E-state index >= 15 is 0 Å². The highest BCUT2D eigenvalue weighted by Gasteiger charge is 2.24. The van der Waals surface area contributed by atoms with E-state index in [1.807, 2.05) is 6.92 Å². The van der Waals surface area contributed by atoms with E-state index in [4.69, 9.17) is 4.74 Å². The molecular formula is C21H27N5O4S2. The van der Waals surface area contributed by atoms with Gasteiger partial charge in [0.1, 0.15) is 5.75 Å². The van der Waals surface area contributed by atoms with Gasteiger partial charge >= 0.3 is 0 Å². The summed E-state index contributed by atoms with van der Waals surface area (Å²) in [6.45, 7) is 8.59. The number of carbonyl (C=O) groups excluding carboxylic acids is 1. The quantitative estimate of drug-likeness (QED) is 0.447. The third-order valence-corrected chi connectivity index (χ3v) is 7.86. The number of anilines is 1. The van der Waals surface area contributed by atoms with Crippen molar-refractivity contribution in [3.8, 4) is 5.75 Å². The smallest absolute Gasteiger partial charge is 0.244 e. The molecule has 2 heterocycles. The summed E-state index contributed by atoms with van der Waals surface area (Å²) >= 11 is 1.20. The van der Waals surface area contributed by atoms with Gasteiger partial charge in [-0.2, -0.15) is 4.31 Å². The van der Waals surface area contributed by atoms with Gasteiger partial charge in [-0.15, -0.1) is 10.2 Å². The van der Waals surface area contributed by atoms with Crippen molar-refractivity contribution in [2.45, 2.75) is 43.0 Å². The molecule has 1 unspecified atom stereocenters. The number of nitrogens with zero attached hydrogens (tertiary/aromatic N) is 4. The molecule has 1 amide bonds. The molecule has 11 heteroatoms. The lowest BCUT2D eigenvalue weighted by molar-refractivity contribution is -0.115. The van der Waals surface area contributed by atoms with Crippen LogP contribution in [0.1, 0.15) is 27.7 Å². The topological polar surface area (TPSA) is 106 Å². The normalized spacial score (nSPS) is 12.8. The molecule has 1 atom stereocenters.